The average Bonchev–Trinajstić information content (AvgIpc) is 2.89. The predicted molar refractivity (Wildman–Crippen MR) is 144 cm³/mol. The van der Waals surface area contributed by atoms with E-state index in [2.05, 4.69) is 5.32 Å². The highest BCUT2D eigenvalue weighted by Gasteiger charge is 2.25. The summed E-state index contributed by atoms with van der Waals surface area (Å²) in [6, 6.07) is 24.6. The van der Waals surface area contributed by atoms with Gasteiger partial charge in [-0.1, -0.05) is 48.5 Å². The number of nitrogens with one attached hydrogen (secondary N) is 1. The molecule has 0 saturated heterocycles. The number of hydrogen-bond donors (Lipinski definition) is 1. The summed E-state index contributed by atoms with van der Waals surface area (Å²) in [6.07, 6.45) is 0. The Labute approximate surface area is 213 Å². The Balaban J connectivity index is 1.24. The van der Waals surface area contributed by atoms with E-state index in [0.717, 1.165) is 32.5 Å². The number of hydrogen-bond acceptors (Lipinski definition) is 6. The summed E-state index contributed by atoms with van der Waals surface area (Å²) in [6.45, 7) is -0.357. The van der Waals surface area contributed by atoms with Crippen LogP contribution in [0.25, 0.3) is 21.9 Å². The predicted octanol–water partition coefficient (Wildman–Crippen LogP) is 5.39. The molecule has 4 aromatic rings. The van der Waals surface area contributed by atoms with Crippen LogP contribution in [0.1, 0.15) is 15.9 Å². The van der Waals surface area contributed by atoms with Crippen LogP contribution in [0.15, 0.2) is 83.8 Å². The number of benzene rings is 4. The smallest absolute Gasteiger partial charge is 0.316 e. The molecule has 0 spiro atoms. The van der Waals surface area contributed by atoms with E-state index in [-0.39, 0.29) is 18.1 Å². The van der Waals surface area contributed by atoms with Gasteiger partial charge in [0, 0.05) is 46.9 Å². The van der Waals surface area contributed by atoms with Crippen molar-refractivity contribution in [2.75, 3.05) is 36.7 Å². The Hall–Kier alpha value is -4.10. The molecular weight excluding hydrogens is 472 g/mol. The summed E-state index contributed by atoms with van der Waals surface area (Å²) in [7, 11) is 3.88. The monoisotopic (exact) mass is 496 g/mol. The SMILES string of the molecule is CN(C)c1ccc(NC(=O)COC(=O)CSc2ccc3c4c(cccc24)C(=O)c2ccccc2-3)cc1. The van der Waals surface area contributed by atoms with Gasteiger partial charge in [0.15, 0.2) is 12.4 Å². The zero-order valence-electron chi connectivity index (χ0n) is 19.9. The second-order valence-electron chi connectivity index (χ2n) is 8.65. The number of carbonyl (C=O) groups excluding carboxylic acids is 3. The average molecular weight is 497 g/mol. The number of ether oxygens (including phenoxy) is 1. The molecule has 4 aromatic carbocycles. The second-order valence-corrected chi connectivity index (χ2v) is 9.67. The van der Waals surface area contributed by atoms with Crippen LogP contribution in [-0.4, -0.2) is 44.1 Å². The van der Waals surface area contributed by atoms with Crippen molar-refractivity contribution in [3.8, 4) is 11.1 Å². The number of anilines is 2. The molecule has 0 radical (unpaired) electrons. The largest absolute Gasteiger partial charge is 0.455 e. The zero-order valence-corrected chi connectivity index (χ0v) is 20.7. The molecule has 0 unspecified atom stereocenters. The Morgan fingerprint density at radius 1 is 0.833 bits per heavy atom. The van der Waals surface area contributed by atoms with Gasteiger partial charge in [0.2, 0.25) is 0 Å². The third kappa shape index (κ3) is 4.57. The van der Waals surface area contributed by atoms with Crippen molar-refractivity contribution < 1.29 is 19.1 Å². The molecular formula is C29H24N2O4S. The van der Waals surface area contributed by atoms with E-state index in [1.54, 1.807) is 12.1 Å². The number of fused-ring (bicyclic) bond motifs is 2. The van der Waals surface area contributed by atoms with E-state index in [1.807, 2.05) is 85.7 Å². The number of esters is 1. The molecule has 0 aliphatic heterocycles. The summed E-state index contributed by atoms with van der Waals surface area (Å²) in [5.74, 6) is -0.828. The Bertz CT molecular complexity index is 1500. The first-order chi connectivity index (χ1) is 17.4. The van der Waals surface area contributed by atoms with Crippen LogP contribution >= 0.6 is 11.8 Å². The first-order valence-electron chi connectivity index (χ1n) is 11.5. The molecule has 1 aliphatic rings. The highest BCUT2D eigenvalue weighted by Crippen LogP contribution is 2.42. The van der Waals surface area contributed by atoms with Crippen molar-refractivity contribution in [2.45, 2.75) is 4.90 Å². The number of amides is 1. The van der Waals surface area contributed by atoms with Crippen LogP contribution in [0.3, 0.4) is 0 Å². The van der Waals surface area contributed by atoms with Crippen LogP contribution in [0, 0.1) is 0 Å². The molecule has 36 heavy (non-hydrogen) atoms. The molecule has 0 saturated carbocycles. The van der Waals surface area contributed by atoms with Crippen LogP contribution in [0.2, 0.25) is 0 Å². The molecule has 5 rings (SSSR count). The standard InChI is InChI=1S/C29H24N2O4S/c1-31(2)19-12-10-18(11-13-19)30-26(32)16-35-27(33)17-36-25-15-14-21-20-6-3-4-7-22(20)29(34)24-9-5-8-23(25)28(21)24/h3-15H,16-17H2,1-2H3,(H,30,32). The third-order valence-electron chi connectivity index (χ3n) is 6.08. The molecule has 0 bridgehead atoms. The quantitative estimate of drug-likeness (QED) is 0.241. The van der Waals surface area contributed by atoms with Crippen molar-refractivity contribution >= 4 is 51.6 Å². The molecule has 1 amide bonds. The van der Waals surface area contributed by atoms with Gasteiger partial charge in [0.25, 0.3) is 5.91 Å². The van der Waals surface area contributed by atoms with E-state index in [9.17, 15) is 14.4 Å². The summed E-state index contributed by atoms with van der Waals surface area (Å²) in [4.78, 5) is 40.5. The lowest BCUT2D eigenvalue weighted by atomic mass is 9.83. The van der Waals surface area contributed by atoms with Crippen molar-refractivity contribution in [1.29, 1.82) is 0 Å². The van der Waals surface area contributed by atoms with Crippen LogP contribution in [0.4, 0.5) is 11.4 Å². The van der Waals surface area contributed by atoms with Gasteiger partial charge in [0.05, 0.1) is 5.75 Å². The van der Waals surface area contributed by atoms with Gasteiger partial charge in [-0.2, -0.15) is 0 Å². The van der Waals surface area contributed by atoms with Crippen LogP contribution in [-0.2, 0) is 14.3 Å². The number of carbonyl (C=O) groups is 3. The molecule has 0 aromatic heterocycles. The minimum absolute atomic E-state index is 0.00706. The topological polar surface area (TPSA) is 75.7 Å². The lowest BCUT2D eigenvalue weighted by Crippen LogP contribution is -2.21. The van der Waals surface area contributed by atoms with Gasteiger partial charge >= 0.3 is 5.97 Å². The third-order valence-corrected chi connectivity index (χ3v) is 7.13. The number of ketones is 1. The zero-order chi connectivity index (χ0) is 25.2. The fourth-order valence-electron chi connectivity index (χ4n) is 4.34. The first kappa shape index (κ1) is 23.6. The van der Waals surface area contributed by atoms with Crippen molar-refractivity contribution in [3.05, 3.63) is 90.0 Å². The van der Waals surface area contributed by atoms with Crippen molar-refractivity contribution in [2.24, 2.45) is 0 Å². The van der Waals surface area contributed by atoms with Gasteiger partial charge in [0.1, 0.15) is 0 Å². The highest BCUT2D eigenvalue weighted by atomic mass is 32.2. The van der Waals surface area contributed by atoms with E-state index >= 15 is 0 Å². The summed E-state index contributed by atoms with van der Waals surface area (Å²) >= 11 is 1.33. The normalized spacial score (nSPS) is 11.7. The molecule has 7 heteroatoms. The van der Waals surface area contributed by atoms with Crippen molar-refractivity contribution in [1.82, 2.24) is 0 Å². The molecule has 6 nitrogen and oxygen atoms in total. The Morgan fingerprint density at radius 3 is 2.31 bits per heavy atom. The number of rotatable bonds is 7. The first-order valence-corrected chi connectivity index (χ1v) is 12.5. The number of nitrogens with zero attached hydrogens (tertiary/aromatic N) is 1. The fourth-order valence-corrected chi connectivity index (χ4v) is 5.19. The molecule has 1 N–H and O–H groups in total. The summed E-state index contributed by atoms with van der Waals surface area (Å²) in [5, 5.41) is 4.55. The lowest BCUT2D eigenvalue weighted by molar-refractivity contribution is -0.144. The number of thioether (sulfide) groups is 1. The van der Waals surface area contributed by atoms with Gasteiger partial charge in [-0.25, -0.2) is 0 Å². The van der Waals surface area contributed by atoms with Gasteiger partial charge in [-0.15, -0.1) is 11.8 Å². The summed E-state index contributed by atoms with van der Waals surface area (Å²) in [5.41, 5.74) is 4.96. The Kier molecular flexibility index (Phi) is 6.48. The minimum atomic E-state index is -0.486. The maximum absolute atomic E-state index is 13.1. The fraction of sp³-hybridized carbons (Fsp3) is 0.138. The minimum Gasteiger partial charge on any atom is -0.455 e. The van der Waals surface area contributed by atoms with E-state index in [1.165, 1.54) is 11.8 Å². The van der Waals surface area contributed by atoms with E-state index in [0.29, 0.717) is 16.8 Å². The summed E-state index contributed by atoms with van der Waals surface area (Å²) < 4.78 is 5.18. The maximum Gasteiger partial charge on any atom is 0.316 e. The molecule has 0 fully saturated rings. The van der Waals surface area contributed by atoms with Crippen LogP contribution < -0.4 is 10.2 Å². The van der Waals surface area contributed by atoms with E-state index < -0.39 is 11.9 Å². The molecule has 1 aliphatic carbocycles. The van der Waals surface area contributed by atoms with Crippen molar-refractivity contribution in [3.63, 3.8) is 0 Å². The van der Waals surface area contributed by atoms with Gasteiger partial charge < -0.3 is 15.0 Å². The van der Waals surface area contributed by atoms with Crippen LogP contribution in [0.5, 0.6) is 0 Å². The van der Waals surface area contributed by atoms with E-state index in [4.69, 9.17) is 4.74 Å². The molecule has 180 valence electrons. The Morgan fingerprint density at radius 2 is 1.56 bits per heavy atom. The maximum atomic E-state index is 13.1. The van der Waals surface area contributed by atoms with Gasteiger partial charge in [-0.3, -0.25) is 14.4 Å². The van der Waals surface area contributed by atoms with Gasteiger partial charge in [-0.05, 0) is 46.8 Å². The second kappa shape index (κ2) is 9.87. The molecule has 0 atom stereocenters. The molecule has 0 heterocycles. The highest BCUT2D eigenvalue weighted by molar-refractivity contribution is 8.00. The lowest BCUT2D eigenvalue weighted by Gasteiger charge is -2.21.